The standard InChI is InChI=1S/C8H14N2O2/c1-8-6-9-10(7-8)2-4-12-5-3-11/h6-7,11H,2-5H2,1H3. The fourth-order valence-electron chi connectivity index (χ4n) is 0.914. The second-order valence-corrected chi connectivity index (χ2v) is 2.62. The highest BCUT2D eigenvalue weighted by Crippen LogP contribution is 1.93. The van der Waals surface area contributed by atoms with Gasteiger partial charge < -0.3 is 9.84 Å². The predicted octanol–water partition coefficient (Wildman–Crippen LogP) is 0.200. The molecule has 1 rings (SSSR count). The van der Waals surface area contributed by atoms with E-state index in [1.54, 1.807) is 0 Å². The SMILES string of the molecule is Cc1cnn(CCOCCO)c1. The van der Waals surface area contributed by atoms with Gasteiger partial charge in [0, 0.05) is 6.20 Å². The van der Waals surface area contributed by atoms with E-state index in [4.69, 9.17) is 9.84 Å². The number of aryl methyl sites for hydroxylation is 1. The van der Waals surface area contributed by atoms with Gasteiger partial charge in [0.05, 0.1) is 32.6 Å². The highest BCUT2D eigenvalue weighted by atomic mass is 16.5. The van der Waals surface area contributed by atoms with Crippen LogP contribution in [0.25, 0.3) is 0 Å². The number of aliphatic hydroxyl groups excluding tert-OH is 1. The molecule has 0 radical (unpaired) electrons. The van der Waals surface area contributed by atoms with Crippen molar-refractivity contribution in [2.24, 2.45) is 0 Å². The van der Waals surface area contributed by atoms with Crippen LogP contribution < -0.4 is 0 Å². The van der Waals surface area contributed by atoms with Gasteiger partial charge in [0.2, 0.25) is 0 Å². The molecule has 68 valence electrons. The Kier molecular flexibility index (Phi) is 3.76. The smallest absolute Gasteiger partial charge is 0.0698 e. The molecule has 0 atom stereocenters. The first-order valence-corrected chi connectivity index (χ1v) is 4.00. The Labute approximate surface area is 71.8 Å². The molecule has 0 aliphatic rings. The van der Waals surface area contributed by atoms with Crippen LogP contribution in [0.2, 0.25) is 0 Å². The zero-order chi connectivity index (χ0) is 8.81. The van der Waals surface area contributed by atoms with Crippen LogP contribution in [0.5, 0.6) is 0 Å². The van der Waals surface area contributed by atoms with Crippen molar-refractivity contribution in [3.63, 3.8) is 0 Å². The second-order valence-electron chi connectivity index (χ2n) is 2.62. The van der Waals surface area contributed by atoms with Crippen molar-refractivity contribution in [2.45, 2.75) is 13.5 Å². The summed E-state index contributed by atoms with van der Waals surface area (Å²) in [6.45, 7) is 3.83. The van der Waals surface area contributed by atoms with Gasteiger partial charge in [-0.05, 0) is 12.5 Å². The van der Waals surface area contributed by atoms with Crippen molar-refractivity contribution < 1.29 is 9.84 Å². The summed E-state index contributed by atoms with van der Waals surface area (Å²) in [5.74, 6) is 0. The highest BCUT2D eigenvalue weighted by molar-refractivity contribution is 4.99. The van der Waals surface area contributed by atoms with Gasteiger partial charge in [-0.25, -0.2) is 0 Å². The van der Waals surface area contributed by atoms with E-state index < -0.39 is 0 Å². The van der Waals surface area contributed by atoms with Gasteiger partial charge in [0.15, 0.2) is 0 Å². The lowest BCUT2D eigenvalue weighted by Crippen LogP contribution is -2.08. The van der Waals surface area contributed by atoms with E-state index in [0.717, 1.165) is 12.1 Å². The molecule has 0 spiro atoms. The summed E-state index contributed by atoms with van der Waals surface area (Å²) in [6, 6.07) is 0. The van der Waals surface area contributed by atoms with Crippen LogP contribution in [0.15, 0.2) is 12.4 Å². The molecule has 1 aromatic rings. The molecule has 0 fully saturated rings. The fraction of sp³-hybridized carbons (Fsp3) is 0.625. The first-order chi connectivity index (χ1) is 5.83. The fourth-order valence-corrected chi connectivity index (χ4v) is 0.914. The molecule has 0 amide bonds. The van der Waals surface area contributed by atoms with Crippen molar-refractivity contribution in [1.82, 2.24) is 9.78 Å². The molecule has 1 aromatic heterocycles. The molecule has 0 unspecified atom stereocenters. The molecule has 0 saturated heterocycles. The van der Waals surface area contributed by atoms with E-state index in [2.05, 4.69) is 5.10 Å². The molecule has 1 heterocycles. The molecule has 4 heteroatoms. The summed E-state index contributed by atoms with van der Waals surface area (Å²) >= 11 is 0. The van der Waals surface area contributed by atoms with Gasteiger partial charge in [-0.3, -0.25) is 4.68 Å². The minimum Gasteiger partial charge on any atom is -0.394 e. The Morgan fingerprint density at radius 3 is 3.00 bits per heavy atom. The van der Waals surface area contributed by atoms with Crippen LogP contribution in [0.4, 0.5) is 0 Å². The van der Waals surface area contributed by atoms with Crippen molar-refractivity contribution >= 4 is 0 Å². The Hall–Kier alpha value is -0.870. The first-order valence-electron chi connectivity index (χ1n) is 4.00. The minimum atomic E-state index is 0.0815. The van der Waals surface area contributed by atoms with Gasteiger partial charge in [-0.2, -0.15) is 5.10 Å². The largest absolute Gasteiger partial charge is 0.394 e. The summed E-state index contributed by atoms with van der Waals surface area (Å²) in [5.41, 5.74) is 1.15. The molecule has 12 heavy (non-hydrogen) atoms. The summed E-state index contributed by atoms with van der Waals surface area (Å²) in [7, 11) is 0. The summed E-state index contributed by atoms with van der Waals surface area (Å²) in [4.78, 5) is 0. The zero-order valence-electron chi connectivity index (χ0n) is 7.23. The number of aromatic nitrogens is 2. The number of hydrogen-bond donors (Lipinski definition) is 1. The molecule has 4 nitrogen and oxygen atoms in total. The minimum absolute atomic E-state index is 0.0815. The molecule has 0 aliphatic carbocycles. The van der Waals surface area contributed by atoms with Crippen LogP contribution in [-0.2, 0) is 11.3 Å². The quantitative estimate of drug-likeness (QED) is 0.642. The van der Waals surface area contributed by atoms with Crippen molar-refractivity contribution in [2.75, 3.05) is 19.8 Å². The summed E-state index contributed by atoms with van der Waals surface area (Å²) in [5, 5.41) is 12.5. The Bertz CT molecular complexity index is 223. The summed E-state index contributed by atoms with van der Waals surface area (Å²) in [6.07, 6.45) is 3.77. The first kappa shape index (κ1) is 9.22. The monoisotopic (exact) mass is 170 g/mol. The third-order valence-electron chi connectivity index (χ3n) is 1.46. The Balaban J connectivity index is 2.15. The lowest BCUT2D eigenvalue weighted by atomic mass is 10.4. The molecule has 0 saturated carbocycles. The second kappa shape index (κ2) is 4.90. The molecule has 0 bridgehead atoms. The van der Waals surface area contributed by atoms with Gasteiger partial charge in [-0.15, -0.1) is 0 Å². The molecule has 0 aromatic carbocycles. The van der Waals surface area contributed by atoms with Crippen LogP contribution in [-0.4, -0.2) is 34.7 Å². The van der Waals surface area contributed by atoms with E-state index >= 15 is 0 Å². The highest BCUT2D eigenvalue weighted by Gasteiger charge is 1.92. The van der Waals surface area contributed by atoms with Crippen LogP contribution in [0, 0.1) is 6.92 Å². The normalized spacial score (nSPS) is 10.5. The Morgan fingerprint density at radius 2 is 2.42 bits per heavy atom. The van der Waals surface area contributed by atoms with Crippen molar-refractivity contribution in [1.29, 1.82) is 0 Å². The van der Waals surface area contributed by atoms with E-state index in [1.165, 1.54) is 0 Å². The van der Waals surface area contributed by atoms with E-state index in [0.29, 0.717) is 13.2 Å². The van der Waals surface area contributed by atoms with Crippen molar-refractivity contribution in [3.8, 4) is 0 Å². The number of rotatable bonds is 5. The molecule has 1 N–H and O–H groups in total. The topological polar surface area (TPSA) is 47.3 Å². The van der Waals surface area contributed by atoms with Crippen molar-refractivity contribution in [3.05, 3.63) is 18.0 Å². The third-order valence-corrected chi connectivity index (χ3v) is 1.46. The lowest BCUT2D eigenvalue weighted by Gasteiger charge is -2.01. The zero-order valence-corrected chi connectivity index (χ0v) is 7.23. The molecular weight excluding hydrogens is 156 g/mol. The van der Waals surface area contributed by atoms with E-state index in [9.17, 15) is 0 Å². The number of ether oxygens (including phenoxy) is 1. The van der Waals surface area contributed by atoms with Crippen LogP contribution in [0.1, 0.15) is 5.56 Å². The predicted molar refractivity (Wildman–Crippen MR) is 44.9 cm³/mol. The third kappa shape index (κ3) is 3.02. The van der Waals surface area contributed by atoms with Gasteiger partial charge in [-0.1, -0.05) is 0 Å². The maximum absolute atomic E-state index is 8.42. The summed E-state index contributed by atoms with van der Waals surface area (Å²) < 4.78 is 6.91. The molecular formula is C8H14N2O2. The Morgan fingerprint density at radius 1 is 1.58 bits per heavy atom. The molecule has 0 aliphatic heterocycles. The van der Waals surface area contributed by atoms with E-state index in [1.807, 2.05) is 24.0 Å². The average molecular weight is 170 g/mol. The van der Waals surface area contributed by atoms with Crippen LogP contribution in [0.3, 0.4) is 0 Å². The van der Waals surface area contributed by atoms with Gasteiger partial charge >= 0.3 is 0 Å². The average Bonchev–Trinajstić information content (AvgIpc) is 2.45. The number of aliphatic hydroxyl groups is 1. The van der Waals surface area contributed by atoms with E-state index in [-0.39, 0.29) is 6.61 Å². The van der Waals surface area contributed by atoms with Crippen LogP contribution >= 0.6 is 0 Å². The number of nitrogens with zero attached hydrogens (tertiary/aromatic N) is 2. The van der Waals surface area contributed by atoms with Gasteiger partial charge in [0.25, 0.3) is 0 Å². The number of hydrogen-bond acceptors (Lipinski definition) is 3. The maximum Gasteiger partial charge on any atom is 0.0698 e. The maximum atomic E-state index is 8.42. The van der Waals surface area contributed by atoms with Gasteiger partial charge in [0.1, 0.15) is 0 Å². The lowest BCUT2D eigenvalue weighted by molar-refractivity contribution is 0.0854.